The van der Waals surface area contributed by atoms with Crippen LogP contribution < -0.4 is 15.0 Å². The van der Waals surface area contributed by atoms with E-state index >= 15 is 0 Å². The van der Waals surface area contributed by atoms with Crippen molar-refractivity contribution in [1.29, 1.82) is 0 Å². The van der Waals surface area contributed by atoms with Gasteiger partial charge < -0.3 is 19.5 Å². The molecule has 2 heterocycles. The predicted octanol–water partition coefficient (Wildman–Crippen LogP) is 2.11. The SMILES string of the molecule is COc1nccc(N(C)C)c1NCc1ccn(C)c1. The van der Waals surface area contributed by atoms with Gasteiger partial charge in [0.1, 0.15) is 5.69 Å². The molecule has 0 saturated heterocycles. The normalized spacial score (nSPS) is 10.3. The van der Waals surface area contributed by atoms with Crippen molar-refractivity contribution in [2.24, 2.45) is 7.05 Å². The number of aryl methyl sites for hydroxylation is 1. The zero-order valence-corrected chi connectivity index (χ0v) is 11.8. The zero-order valence-electron chi connectivity index (χ0n) is 11.8. The maximum absolute atomic E-state index is 5.32. The maximum atomic E-state index is 5.32. The summed E-state index contributed by atoms with van der Waals surface area (Å²) in [5.74, 6) is 0.613. The van der Waals surface area contributed by atoms with Crippen LogP contribution in [0.4, 0.5) is 11.4 Å². The minimum atomic E-state index is 0.613. The third kappa shape index (κ3) is 2.99. The summed E-state index contributed by atoms with van der Waals surface area (Å²) in [6.07, 6.45) is 5.87. The number of methoxy groups -OCH3 is 1. The Bertz CT molecular complexity index is 548. The van der Waals surface area contributed by atoms with Crippen molar-refractivity contribution in [3.63, 3.8) is 0 Å². The summed E-state index contributed by atoms with van der Waals surface area (Å²) in [4.78, 5) is 6.28. The Morgan fingerprint density at radius 2 is 2.16 bits per heavy atom. The summed E-state index contributed by atoms with van der Waals surface area (Å²) in [6, 6.07) is 4.06. The second-order valence-corrected chi connectivity index (χ2v) is 4.65. The monoisotopic (exact) mass is 260 g/mol. The fraction of sp³-hybridized carbons (Fsp3) is 0.357. The summed E-state index contributed by atoms with van der Waals surface area (Å²) in [5, 5.41) is 3.40. The molecule has 0 aliphatic heterocycles. The summed E-state index contributed by atoms with van der Waals surface area (Å²) in [7, 11) is 7.65. The Labute approximate surface area is 113 Å². The highest BCUT2D eigenvalue weighted by molar-refractivity contribution is 5.74. The Hall–Kier alpha value is -2.17. The summed E-state index contributed by atoms with van der Waals surface area (Å²) in [5.41, 5.74) is 3.19. The second kappa shape index (κ2) is 5.65. The van der Waals surface area contributed by atoms with E-state index in [2.05, 4.69) is 22.6 Å². The Kier molecular flexibility index (Phi) is 3.94. The quantitative estimate of drug-likeness (QED) is 0.894. The average molecular weight is 260 g/mol. The molecule has 0 amide bonds. The van der Waals surface area contributed by atoms with Crippen LogP contribution in [0.5, 0.6) is 5.88 Å². The largest absolute Gasteiger partial charge is 0.479 e. The number of rotatable bonds is 5. The van der Waals surface area contributed by atoms with Crippen molar-refractivity contribution in [3.8, 4) is 5.88 Å². The summed E-state index contributed by atoms with van der Waals surface area (Å²) < 4.78 is 7.36. The molecule has 0 saturated carbocycles. The maximum Gasteiger partial charge on any atom is 0.239 e. The fourth-order valence-electron chi connectivity index (χ4n) is 1.98. The molecule has 0 aromatic carbocycles. The number of pyridine rings is 1. The molecule has 0 radical (unpaired) electrons. The van der Waals surface area contributed by atoms with Gasteiger partial charge in [-0.1, -0.05) is 0 Å². The number of anilines is 2. The molecule has 0 spiro atoms. The highest BCUT2D eigenvalue weighted by atomic mass is 16.5. The molecule has 102 valence electrons. The minimum absolute atomic E-state index is 0.613. The lowest BCUT2D eigenvalue weighted by molar-refractivity contribution is 0.400. The van der Waals surface area contributed by atoms with Crippen molar-refractivity contribution in [1.82, 2.24) is 9.55 Å². The topological polar surface area (TPSA) is 42.3 Å². The lowest BCUT2D eigenvalue weighted by atomic mass is 10.3. The second-order valence-electron chi connectivity index (χ2n) is 4.65. The van der Waals surface area contributed by atoms with Gasteiger partial charge in [0, 0.05) is 46.3 Å². The Morgan fingerprint density at radius 3 is 2.74 bits per heavy atom. The van der Waals surface area contributed by atoms with E-state index in [4.69, 9.17) is 4.74 Å². The third-order valence-electron chi connectivity index (χ3n) is 2.93. The smallest absolute Gasteiger partial charge is 0.239 e. The minimum Gasteiger partial charge on any atom is -0.479 e. The van der Waals surface area contributed by atoms with E-state index in [0.717, 1.165) is 17.9 Å². The molecule has 0 bridgehead atoms. The van der Waals surface area contributed by atoms with E-state index < -0.39 is 0 Å². The summed E-state index contributed by atoms with van der Waals surface area (Å²) in [6.45, 7) is 0.740. The Morgan fingerprint density at radius 1 is 1.37 bits per heavy atom. The standard InChI is InChI=1S/C14H20N4O/c1-17(2)12-5-7-15-14(19-4)13(12)16-9-11-6-8-18(3)10-11/h5-8,10,16H,9H2,1-4H3. The van der Waals surface area contributed by atoms with Crippen LogP contribution in [0.3, 0.4) is 0 Å². The van der Waals surface area contributed by atoms with E-state index in [1.807, 2.05) is 42.9 Å². The number of hydrogen-bond donors (Lipinski definition) is 1. The lowest BCUT2D eigenvalue weighted by Crippen LogP contribution is -2.13. The molecule has 0 aliphatic carbocycles. The van der Waals surface area contributed by atoms with Gasteiger partial charge >= 0.3 is 0 Å². The highest BCUT2D eigenvalue weighted by Crippen LogP contribution is 2.32. The number of hydrogen-bond acceptors (Lipinski definition) is 4. The van der Waals surface area contributed by atoms with Gasteiger partial charge in [-0.25, -0.2) is 4.98 Å². The highest BCUT2D eigenvalue weighted by Gasteiger charge is 2.11. The van der Waals surface area contributed by atoms with Crippen LogP contribution in [-0.2, 0) is 13.6 Å². The molecule has 2 rings (SSSR count). The molecule has 2 aromatic heterocycles. The Balaban J connectivity index is 2.22. The zero-order chi connectivity index (χ0) is 13.8. The molecule has 0 aliphatic rings. The predicted molar refractivity (Wildman–Crippen MR) is 77.9 cm³/mol. The first-order chi connectivity index (χ1) is 9.11. The van der Waals surface area contributed by atoms with Crippen molar-refractivity contribution < 1.29 is 4.74 Å². The van der Waals surface area contributed by atoms with E-state index in [-0.39, 0.29) is 0 Å². The van der Waals surface area contributed by atoms with E-state index in [0.29, 0.717) is 5.88 Å². The number of ether oxygens (including phenoxy) is 1. The molecule has 0 fully saturated rings. The first-order valence-corrected chi connectivity index (χ1v) is 6.17. The van der Waals surface area contributed by atoms with E-state index in [9.17, 15) is 0 Å². The number of nitrogens with zero attached hydrogens (tertiary/aromatic N) is 3. The van der Waals surface area contributed by atoms with Gasteiger partial charge in [0.15, 0.2) is 0 Å². The molecule has 5 nitrogen and oxygen atoms in total. The van der Waals surface area contributed by atoms with E-state index in [1.165, 1.54) is 5.56 Å². The number of nitrogens with one attached hydrogen (secondary N) is 1. The van der Waals surface area contributed by atoms with Gasteiger partial charge in [0.05, 0.1) is 12.8 Å². The molecule has 2 aromatic rings. The van der Waals surface area contributed by atoms with E-state index in [1.54, 1.807) is 13.3 Å². The molecular weight excluding hydrogens is 240 g/mol. The average Bonchev–Trinajstić information content (AvgIpc) is 2.81. The first-order valence-electron chi connectivity index (χ1n) is 6.17. The van der Waals surface area contributed by atoms with Crippen molar-refractivity contribution in [2.75, 3.05) is 31.4 Å². The van der Waals surface area contributed by atoms with Gasteiger partial charge in [-0.15, -0.1) is 0 Å². The lowest BCUT2D eigenvalue weighted by Gasteiger charge is -2.19. The molecular formula is C14H20N4O. The van der Waals surface area contributed by atoms with Crippen molar-refractivity contribution in [2.45, 2.75) is 6.54 Å². The molecule has 0 unspecified atom stereocenters. The molecule has 19 heavy (non-hydrogen) atoms. The van der Waals surface area contributed by atoms with Gasteiger partial charge in [0.2, 0.25) is 5.88 Å². The van der Waals surface area contributed by atoms with Crippen molar-refractivity contribution in [3.05, 3.63) is 36.3 Å². The van der Waals surface area contributed by atoms with Crippen molar-refractivity contribution >= 4 is 11.4 Å². The fourth-order valence-corrected chi connectivity index (χ4v) is 1.98. The first kappa shape index (κ1) is 13.3. The number of aromatic nitrogens is 2. The summed E-state index contributed by atoms with van der Waals surface area (Å²) >= 11 is 0. The van der Waals surface area contributed by atoms with Crippen LogP contribution in [0.1, 0.15) is 5.56 Å². The van der Waals surface area contributed by atoms with Gasteiger partial charge in [-0.05, 0) is 17.7 Å². The van der Waals surface area contributed by atoms with Gasteiger partial charge in [-0.2, -0.15) is 0 Å². The molecule has 1 N–H and O–H groups in total. The van der Waals surface area contributed by atoms with Crippen LogP contribution in [0, 0.1) is 0 Å². The van der Waals surface area contributed by atoms with Gasteiger partial charge in [-0.3, -0.25) is 0 Å². The van der Waals surface area contributed by atoms with Crippen LogP contribution in [-0.4, -0.2) is 30.8 Å². The van der Waals surface area contributed by atoms with Crippen LogP contribution >= 0.6 is 0 Å². The molecule has 5 heteroatoms. The van der Waals surface area contributed by atoms with Crippen LogP contribution in [0.15, 0.2) is 30.7 Å². The third-order valence-corrected chi connectivity index (χ3v) is 2.93. The van der Waals surface area contributed by atoms with Gasteiger partial charge in [0.25, 0.3) is 0 Å². The van der Waals surface area contributed by atoms with Crippen LogP contribution in [0.2, 0.25) is 0 Å². The van der Waals surface area contributed by atoms with Crippen LogP contribution in [0.25, 0.3) is 0 Å². The molecule has 0 atom stereocenters.